The summed E-state index contributed by atoms with van der Waals surface area (Å²) in [6, 6.07) is 0. The van der Waals surface area contributed by atoms with Gasteiger partial charge < -0.3 is 5.32 Å². The summed E-state index contributed by atoms with van der Waals surface area (Å²) < 4.78 is 0. The maximum Gasteiger partial charge on any atom is -0.00489 e. The van der Waals surface area contributed by atoms with Gasteiger partial charge in [0.1, 0.15) is 0 Å². The van der Waals surface area contributed by atoms with Crippen molar-refractivity contribution >= 4 is 0 Å². The van der Waals surface area contributed by atoms with Crippen LogP contribution in [0.1, 0.15) is 19.8 Å². The second-order valence-electron chi connectivity index (χ2n) is 2.16. The normalized spacial score (nSPS) is 7.80. The highest BCUT2D eigenvalue weighted by Crippen LogP contribution is 1.97. The molecule has 0 spiro atoms. The van der Waals surface area contributed by atoms with Crippen molar-refractivity contribution in [1.29, 1.82) is 0 Å². The molecule has 0 unspecified atom stereocenters. The average molecular weight is 141 g/mol. The highest BCUT2D eigenvalue weighted by Gasteiger charge is 1.83. The predicted molar refractivity (Wildman–Crippen MR) is 49.2 cm³/mol. The quantitative estimate of drug-likeness (QED) is 0.468. The minimum absolute atomic E-state index is 1.10. The van der Waals surface area contributed by atoms with Crippen molar-refractivity contribution in [3.8, 4) is 0 Å². The van der Waals surface area contributed by atoms with E-state index >= 15 is 0 Å². The summed E-state index contributed by atoms with van der Waals surface area (Å²) >= 11 is 0. The molecular weight excluding hydrogens is 122 g/mol. The van der Waals surface area contributed by atoms with Crippen LogP contribution in [0.5, 0.6) is 0 Å². The van der Waals surface area contributed by atoms with E-state index in [2.05, 4.69) is 32.0 Å². The van der Waals surface area contributed by atoms with Crippen molar-refractivity contribution in [3.05, 3.63) is 25.3 Å². The fourth-order valence-corrected chi connectivity index (χ4v) is 0.567. The summed E-state index contributed by atoms with van der Waals surface area (Å²) in [6.07, 6.45) is 2.37. The maximum atomic E-state index is 3.80. The summed E-state index contributed by atoms with van der Waals surface area (Å²) in [6.45, 7) is 13.0. The van der Waals surface area contributed by atoms with Gasteiger partial charge in [0.05, 0.1) is 0 Å². The molecule has 0 amide bonds. The van der Waals surface area contributed by atoms with E-state index < -0.39 is 0 Å². The zero-order chi connectivity index (χ0) is 8.41. The molecule has 1 N–H and O–H groups in total. The average Bonchev–Trinajstić information content (AvgIpc) is 1.92. The molecule has 1 heteroatoms. The highest BCUT2D eigenvalue weighted by molar-refractivity contribution is 4.87. The lowest BCUT2D eigenvalue weighted by Crippen LogP contribution is -2.06. The first-order valence-corrected chi connectivity index (χ1v) is 3.56. The third kappa shape index (κ3) is 15.7. The molecule has 0 saturated carbocycles. The molecule has 1 nitrogen and oxygen atoms in total. The van der Waals surface area contributed by atoms with Gasteiger partial charge in [-0.15, -0.1) is 19.7 Å². The van der Waals surface area contributed by atoms with Crippen molar-refractivity contribution < 1.29 is 0 Å². The minimum Gasteiger partial charge on any atom is -0.320 e. The van der Waals surface area contributed by atoms with Crippen molar-refractivity contribution in [1.82, 2.24) is 5.32 Å². The summed E-state index contributed by atoms with van der Waals surface area (Å²) in [5, 5.41) is 3.08. The van der Waals surface area contributed by atoms with Crippen molar-refractivity contribution in [2.24, 2.45) is 0 Å². The molecule has 0 rings (SSSR count). The second kappa shape index (κ2) is 11.3. The Kier molecular flexibility index (Phi) is 13.7. The molecule has 0 aromatic heterocycles. The van der Waals surface area contributed by atoms with Crippen LogP contribution in [0.15, 0.2) is 25.3 Å². The van der Waals surface area contributed by atoms with E-state index in [-0.39, 0.29) is 0 Å². The van der Waals surface area contributed by atoms with Crippen LogP contribution >= 0.6 is 0 Å². The van der Waals surface area contributed by atoms with E-state index in [9.17, 15) is 0 Å². The summed E-state index contributed by atoms with van der Waals surface area (Å²) in [7, 11) is 1.97. The minimum atomic E-state index is 1.10. The molecule has 0 saturated heterocycles. The van der Waals surface area contributed by atoms with Gasteiger partial charge in [0.25, 0.3) is 0 Å². The topological polar surface area (TPSA) is 12.0 Å². The number of allylic oxidation sites excluding steroid dienone is 1. The first-order valence-electron chi connectivity index (χ1n) is 3.56. The fourth-order valence-electron chi connectivity index (χ4n) is 0.567. The highest BCUT2D eigenvalue weighted by atomic mass is 14.8. The van der Waals surface area contributed by atoms with E-state index in [4.69, 9.17) is 0 Å². The van der Waals surface area contributed by atoms with Crippen LogP contribution in [0.4, 0.5) is 0 Å². The monoisotopic (exact) mass is 141 g/mol. The standard InChI is InChI=1S/C7H15N.C2H4/c1-7(2)5-4-6-8-3;1-2/h8H,1,4-6H2,2-3H3;1-2H2. The van der Waals surface area contributed by atoms with Crippen molar-refractivity contribution in [2.45, 2.75) is 19.8 Å². The van der Waals surface area contributed by atoms with Gasteiger partial charge in [-0.05, 0) is 33.4 Å². The molecule has 0 radical (unpaired) electrons. The van der Waals surface area contributed by atoms with E-state index in [1.54, 1.807) is 0 Å². The molecule has 0 bridgehead atoms. The zero-order valence-corrected chi connectivity index (χ0v) is 7.24. The Morgan fingerprint density at radius 1 is 1.40 bits per heavy atom. The van der Waals surface area contributed by atoms with Gasteiger partial charge in [-0.3, -0.25) is 0 Å². The molecule has 0 aromatic rings. The zero-order valence-electron chi connectivity index (χ0n) is 7.24. The first kappa shape index (κ1) is 12.1. The number of nitrogens with one attached hydrogen (secondary N) is 1. The Bertz CT molecular complexity index is 76.8. The molecule has 0 aliphatic heterocycles. The van der Waals surface area contributed by atoms with Crippen LogP contribution in [0.2, 0.25) is 0 Å². The SMILES string of the molecule is C=C.C=C(C)CCCNC. The Labute approximate surface area is 64.8 Å². The summed E-state index contributed by atoms with van der Waals surface area (Å²) in [5.74, 6) is 0. The Balaban J connectivity index is 0. The van der Waals surface area contributed by atoms with Crippen molar-refractivity contribution in [3.63, 3.8) is 0 Å². The Morgan fingerprint density at radius 2 is 1.90 bits per heavy atom. The molecule has 0 fully saturated rings. The molecule has 0 atom stereocenters. The molecule has 60 valence electrons. The third-order valence-electron chi connectivity index (χ3n) is 1.03. The molecular formula is C9H19N. The molecule has 10 heavy (non-hydrogen) atoms. The van der Waals surface area contributed by atoms with Crippen LogP contribution in [0.3, 0.4) is 0 Å². The largest absolute Gasteiger partial charge is 0.320 e. The number of hydrogen-bond acceptors (Lipinski definition) is 1. The van der Waals surface area contributed by atoms with Gasteiger partial charge in [-0.2, -0.15) is 0 Å². The fraction of sp³-hybridized carbons (Fsp3) is 0.556. The molecule has 0 aliphatic carbocycles. The Hall–Kier alpha value is -0.560. The van der Waals surface area contributed by atoms with E-state index in [0.29, 0.717) is 0 Å². The van der Waals surface area contributed by atoms with Crippen LogP contribution < -0.4 is 5.32 Å². The Morgan fingerprint density at radius 3 is 2.20 bits per heavy atom. The van der Waals surface area contributed by atoms with Crippen LogP contribution in [-0.2, 0) is 0 Å². The van der Waals surface area contributed by atoms with Crippen LogP contribution in [0.25, 0.3) is 0 Å². The lowest BCUT2D eigenvalue weighted by atomic mass is 10.2. The lowest BCUT2D eigenvalue weighted by Gasteiger charge is -1.96. The third-order valence-corrected chi connectivity index (χ3v) is 1.03. The molecule has 0 aliphatic rings. The van der Waals surface area contributed by atoms with Gasteiger partial charge in [0.15, 0.2) is 0 Å². The smallest absolute Gasteiger partial charge is 0.00489 e. The van der Waals surface area contributed by atoms with Crippen molar-refractivity contribution in [2.75, 3.05) is 13.6 Å². The number of hydrogen-bond donors (Lipinski definition) is 1. The van der Waals surface area contributed by atoms with Gasteiger partial charge in [0.2, 0.25) is 0 Å². The summed E-state index contributed by atoms with van der Waals surface area (Å²) in [4.78, 5) is 0. The van der Waals surface area contributed by atoms with Crippen LogP contribution in [-0.4, -0.2) is 13.6 Å². The number of rotatable bonds is 4. The van der Waals surface area contributed by atoms with Gasteiger partial charge in [-0.1, -0.05) is 5.57 Å². The van der Waals surface area contributed by atoms with E-state index in [0.717, 1.165) is 13.0 Å². The first-order chi connectivity index (χ1) is 4.77. The van der Waals surface area contributed by atoms with E-state index in [1.165, 1.54) is 12.0 Å². The maximum absolute atomic E-state index is 3.80. The lowest BCUT2D eigenvalue weighted by molar-refractivity contribution is 0.722. The van der Waals surface area contributed by atoms with Gasteiger partial charge >= 0.3 is 0 Å². The second-order valence-corrected chi connectivity index (χ2v) is 2.16. The molecule has 0 aromatic carbocycles. The van der Waals surface area contributed by atoms with E-state index in [1.807, 2.05) is 7.05 Å². The van der Waals surface area contributed by atoms with Gasteiger partial charge in [0, 0.05) is 0 Å². The van der Waals surface area contributed by atoms with Gasteiger partial charge in [-0.25, -0.2) is 0 Å². The summed E-state index contributed by atoms with van der Waals surface area (Å²) in [5.41, 5.74) is 1.28. The van der Waals surface area contributed by atoms with Crippen LogP contribution in [0, 0.1) is 0 Å². The predicted octanol–water partition coefficient (Wildman–Crippen LogP) is 2.36. The molecule has 0 heterocycles.